The van der Waals surface area contributed by atoms with Crippen LogP contribution in [0.1, 0.15) is 6.92 Å². The zero-order valence-electron chi connectivity index (χ0n) is 8.96. The van der Waals surface area contributed by atoms with Crippen LogP contribution < -0.4 is 4.90 Å². The summed E-state index contributed by atoms with van der Waals surface area (Å²) in [5.74, 6) is -1.49. The van der Waals surface area contributed by atoms with Crippen LogP contribution in [0.25, 0.3) is 0 Å². The summed E-state index contributed by atoms with van der Waals surface area (Å²) in [6, 6.07) is 7.72. The maximum atomic E-state index is 11.6. The fourth-order valence-electron chi connectivity index (χ4n) is 1.34. The van der Waals surface area contributed by atoms with E-state index in [1.807, 2.05) is 0 Å². The smallest absolute Gasteiger partial charge is 0.326 e. The lowest BCUT2D eigenvalue weighted by atomic mass is 10.2. The zero-order chi connectivity index (χ0) is 12.1. The van der Waals surface area contributed by atoms with Crippen LogP contribution in [0.15, 0.2) is 43.0 Å². The number of carboxylic acids is 1. The van der Waals surface area contributed by atoms with Crippen molar-refractivity contribution in [3.05, 3.63) is 43.0 Å². The van der Waals surface area contributed by atoms with Crippen molar-refractivity contribution in [2.45, 2.75) is 13.0 Å². The molecule has 1 amide bonds. The number of anilines is 1. The van der Waals surface area contributed by atoms with Crippen LogP contribution in [0.2, 0.25) is 0 Å². The highest BCUT2D eigenvalue weighted by Crippen LogP contribution is 2.17. The van der Waals surface area contributed by atoms with Gasteiger partial charge >= 0.3 is 5.97 Å². The number of carbonyl (C=O) groups is 2. The lowest BCUT2D eigenvalue weighted by Crippen LogP contribution is -2.42. The minimum atomic E-state index is -1.06. The van der Waals surface area contributed by atoms with Crippen molar-refractivity contribution < 1.29 is 14.7 Å². The van der Waals surface area contributed by atoms with Crippen molar-refractivity contribution in [3.63, 3.8) is 0 Å². The third kappa shape index (κ3) is 2.48. The number of hydrogen-bond donors (Lipinski definition) is 1. The minimum Gasteiger partial charge on any atom is -0.480 e. The first-order chi connectivity index (χ1) is 7.57. The second-order valence-electron chi connectivity index (χ2n) is 3.26. The van der Waals surface area contributed by atoms with Gasteiger partial charge in [0.2, 0.25) is 0 Å². The summed E-state index contributed by atoms with van der Waals surface area (Å²) >= 11 is 0. The van der Waals surface area contributed by atoms with Crippen molar-refractivity contribution in [2.24, 2.45) is 0 Å². The number of carbonyl (C=O) groups excluding carboxylic acids is 1. The summed E-state index contributed by atoms with van der Waals surface area (Å²) in [7, 11) is 0. The van der Waals surface area contributed by atoms with Crippen LogP contribution in [-0.2, 0) is 9.59 Å². The topological polar surface area (TPSA) is 57.6 Å². The number of nitrogens with zero attached hydrogens (tertiary/aromatic N) is 1. The molecule has 1 atom stereocenters. The predicted octanol–water partition coefficient (Wildman–Crippen LogP) is 1.68. The number of hydrogen-bond acceptors (Lipinski definition) is 2. The van der Waals surface area contributed by atoms with Gasteiger partial charge in [0.15, 0.2) is 0 Å². The molecule has 4 heteroatoms. The molecule has 0 aliphatic rings. The van der Waals surface area contributed by atoms with E-state index >= 15 is 0 Å². The van der Waals surface area contributed by atoms with Crippen LogP contribution in [0.4, 0.5) is 5.69 Å². The molecule has 84 valence electrons. The van der Waals surface area contributed by atoms with Gasteiger partial charge in [-0.05, 0) is 25.1 Å². The first-order valence-electron chi connectivity index (χ1n) is 4.81. The summed E-state index contributed by atoms with van der Waals surface area (Å²) in [5, 5.41) is 8.93. The van der Waals surface area contributed by atoms with Crippen LogP contribution in [-0.4, -0.2) is 23.0 Å². The molecular formula is C12H13NO3. The van der Waals surface area contributed by atoms with E-state index in [-0.39, 0.29) is 0 Å². The normalized spacial score (nSPS) is 11.6. The average molecular weight is 219 g/mol. The van der Waals surface area contributed by atoms with Crippen molar-refractivity contribution in [2.75, 3.05) is 4.90 Å². The Morgan fingerprint density at radius 1 is 1.38 bits per heavy atom. The van der Waals surface area contributed by atoms with E-state index in [1.165, 1.54) is 11.8 Å². The lowest BCUT2D eigenvalue weighted by molar-refractivity contribution is -0.139. The number of rotatable bonds is 4. The summed E-state index contributed by atoms with van der Waals surface area (Å²) in [6.45, 7) is 4.82. The summed E-state index contributed by atoms with van der Waals surface area (Å²) in [5.41, 5.74) is 0.544. The number of amides is 1. The molecule has 4 nitrogen and oxygen atoms in total. The van der Waals surface area contributed by atoms with E-state index in [0.29, 0.717) is 5.69 Å². The molecule has 16 heavy (non-hydrogen) atoms. The van der Waals surface area contributed by atoms with Gasteiger partial charge in [-0.2, -0.15) is 0 Å². The highest BCUT2D eigenvalue weighted by Gasteiger charge is 2.24. The van der Waals surface area contributed by atoms with Crippen molar-refractivity contribution in [3.8, 4) is 0 Å². The summed E-state index contributed by atoms with van der Waals surface area (Å²) in [4.78, 5) is 23.7. The molecule has 1 N–H and O–H groups in total. The largest absolute Gasteiger partial charge is 0.480 e. The highest BCUT2D eigenvalue weighted by atomic mass is 16.4. The maximum absolute atomic E-state index is 11.6. The van der Waals surface area contributed by atoms with Crippen molar-refractivity contribution >= 4 is 17.6 Å². The summed E-state index contributed by atoms with van der Waals surface area (Å²) in [6.07, 6.45) is 1.10. The second kappa shape index (κ2) is 5.11. The fourth-order valence-corrected chi connectivity index (χ4v) is 1.34. The molecule has 1 aromatic rings. The van der Waals surface area contributed by atoms with Gasteiger partial charge < -0.3 is 5.11 Å². The van der Waals surface area contributed by atoms with Gasteiger partial charge in [0.05, 0.1) is 0 Å². The van der Waals surface area contributed by atoms with Crippen molar-refractivity contribution in [1.29, 1.82) is 0 Å². The molecule has 0 aliphatic carbocycles. The number of benzene rings is 1. The Bertz CT molecular complexity index is 400. The maximum Gasteiger partial charge on any atom is 0.326 e. The quantitative estimate of drug-likeness (QED) is 0.784. The van der Waals surface area contributed by atoms with E-state index in [4.69, 9.17) is 5.11 Å². The Balaban J connectivity index is 3.11. The van der Waals surface area contributed by atoms with Gasteiger partial charge in [-0.15, -0.1) is 0 Å². The molecule has 0 saturated heterocycles. The molecule has 0 radical (unpaired) electrons. The number of carboxylic acid groups (broad SMARTS) is 1. The third-order valence-corrected chi connectivity index (χ3v) is 2.19. The van der Waals surface area contributed by atoms with Gasteiger partial charge in [-0.25, -0.2) is 4.79 Å². The molecule has 1 aromatic carbocycles. The van der Waals surface area contributed by atoms with Crippen LogP contribution in [0, 0.1) is 0 Å². The third-order valence-electron chi connectivity index (χ3n) is 2.19. The molecule has 1 rings (SSSR count). The Morgan fingerprint density at radius 2 is 1.94 bits per heavy atom. The van der Waals surface area contributed by atoms with Crippen molar-refractivity contribution in [1.82, 2.24) is 0 Å². The standard InChI is InChI=1S/C12H13NO3/c1-3-11(14)13(9(2)12(15)16)10-7-5-4-6-8-10/h3-9H,1H2,2H3,(H,15,16)/t9-/m0/s1. The molecule has 0 bridgehead atoms. The van der Waals surface area contributed by atoms with E-state index in [9.17, 15) is 9.59 Å². The van der Waals surface area contributed by atoms with Gasteiger partial charge in [0.25, 0.3) is 5.91 Å². The van der Waals surface area contributed by atoms with Gasteiger partial charge in [-0.3, -0.25) is 9.69 Å². The van der Waals surface area contributed by atoms with E-state index in [1.54, 1.807) is 30.3 Å². The number of aliphatic carboxylic acids is 1. The second-order valence-corrected chi connectivity index (χ2v) is 3.26. The molecular weight excluding hydrogens is 206 g/mol. The van der Waals surface area contributed by atoms with Gasteiger partial charge in [0, 0.05) is 5.69 Å². The molecule has 0 aromatic heterocycles. The SMILES string of the molecule is C=CC(=O)N(c1ccccc1)[C@@H](C)C(=O)O. The highest BCUT2D eigenvalue weighted by molar-refractivity contribution is 6.04. The Morgan fingerprint density at radius 3 is 2.38 bits per heavy atom. The first kappa shape index (κ1) is 12.0. The van der Waals surface area contributed by atoms with Crippen LogP contribution in [0.3, 0.4) is 0 Å². The average Bonchev–Trinajstić information content (AvgIpc) is 2.30. The molecule has 0 saturated carbocycles. The molecule has 0 fully saturated rings. The zero-order valence-corrected chi connectivity index (χ0v) is 8.96. The van der Waals surface area contributed by atoms with Crippen LogP contribution in [0.5, 0.6) is 0 Å². The van der Waals surface area contributed by atoms with E-state index in [0.717, 1.165) is 6.08 Å². The number of para-hydroxylation sites is 1. The Labute approximate surface area is 93.8 Å². The van der Waals surface area contributed by atoms with E-state index < -0.39 is 17.9 Å². The first-order valence-corrected chi connectivity index (χ1v) is 4.81. The Kier molecular flexibility index (Phi) is 3.83. The van der Waals surface area contributed by atoms with Crippen LogP contribution >= 0.6 is 0 Å². The fraction of sp³-hybridized carbons (Fsp3) is 0.167. The predicted molar refractivity (Wildman–Crippen MR) is 61.2 cm³/mol. The lowest BCUT2D eigenvalue weighted by Gasteiger charge is -2.25. The molecule has 0 heterocycles. The summed E-state index contributed by atoms with van der Waals surface area (Å²) < 4.78 is 0. The van der Waals surface area contributed by atoms with E-state index in [2.05, 4.69) is 6.58 Å². The molecule has 0 unspecified atom stereocenters. The Hall–Kier alpha value is -2.10. The monoisotopic (exact) mass is 219 g/mol. The molecule has 0 spiro atoms. The van der Waals surface area contributed by atoms with Gasteiger partial charge in [-0.1, -0.05) is 24.8 Å². The minimum absolute atomic E-state index is 0.430. The molecule has 0 aliphatic heterocycles. The van der Waals surface area contributed by atoms with Gasteiger partial charge in [0.1, 0.15) is 6.04 Å².